The topological polar surface area (TPSA) is 30.9 Å². The molecule has 0 saturated heterocycles. The molecule has 2 nitrogen and oxygen atoms in total. The Balaban J connectivity index is 2.16. The molecule has 0 bridgehead atoms. The minimum atomic E-state index is 0.448. The van der Waals surface area contributed by atoms with E-state index in [0.717, 1.165) is 18.7 Å². The van der Waals surface area contributed by atoms with E-state index in [1.165, 1.54) is 22.0 Å². The van der Waals surface area contributed by atoms with E-state index in [4.69, 9.17) is 5.73 Å². The second-order valence-electron chi connectivity index (χ2n) is 5.26. The number of hydrogen-bond donors (Lipinski definition) is 1. The Hall–Kier alpha value is -1.96. The highest BCUT2D eigenvalue weighted by atomic mass is 15.0. The first-order chi connectivity index (χ1) is 9.20. The number of nitrogen functional groups attached to an aromatic ring is 1. The van der Waals surface area contributed by atoms with Gasteiger partial charge in [0.25, 0.3) is 0 Å². The van der Waals surface area contributed by atoms with Gasteiger partial charge in [0.05, 0.1) is 5.52 Å². The van der Waals surface area contributed by atoms with Crippen molar-refractivity contribution in [2.75, 3.05) is 5.73 Å². The van der Waals surface area contributed by atoms with Crippen LogP contribution in [0.15, 0.2) is 48.2 Å². The van der Waals surface area contributed by atoms with Crippen LogP contribution in [-0.2, 0) is 6.54 Å². The molecule has 1 unspecified atom stereocenters. The third kappa shape index (κ3) is 1.97. The Bertz CT molecular complexity index is 674. The van der Waals surface area contributed by atoms with Crippen LogP contribution in [0.5, 0.6) is 0 Å². The van der Waals surface area contributed by atoms with Gasteiger partial charge in [-0.15, -0.1) is 0 Å². The quantitative estimate of drug-likeness (QED) is 0.796. The number of nitrogens with zero attached hydrogens (tertiary/aromatic N) is 1. The van der Waals surface area contributed by atoms with E-state index < -0.39 is 0 Å². The molecule has 1 aliphatic carbocycles. The van der Waals surface area contributed by atoms with E-state index in [1.54, 1.807) is 0 Å². The fourth-order valence-electron chi connectivity index (χ4n) is 2.91. The highest BCUT2D eigenvalue weighted by molar-refractivity contribution is 5.95. The molecule has 0 spiro atoms. The van der Waals surface area contributed by atoms with Gasteiger partial charge in [-0.25, -0.2) is 0 Å². The van der Waals surface area contributed by atoms with Gasteiger partial charge in [-0.2, -0.15) is 0 Å². The van der Waals surface area contributed by atoms with Gasteiger partial charge >= 0.3 is 0 Å². The van der Waals surface area contributed by atoms with Crippen LogP contribution in [0.25, 0.3) is 10.9 Å². The van der Waals surface area contributed by atoms with Crippen molar-refractivity contribution in [3.8, 4) is 0 Å². The van der Waals surface area contributed by atoms with E-state index in [1.807, 2.05) is 12.1 Å². The zero-order valence-corrected chi connectivity index (χ0v) is 11.6. The van der Waals surface area contributed by atoms with E-state index >= 15 is 0 Å². The van der Waals surface area contributed by atoms with E-state index in [2.05, 4.69) is 48.9 Å². The Kier molecular flexibility index (Phi) is 2.94. The van der Waals surface area contributed by atoms with Gasteiger partial charge in [-0.05, 0) is 38.0 Å². The van der Waals surface area contributed by atoms with Crippen LogP contribution >= 0.6 is 0 Å². The molecular weight excluding hydrogens is 232 g/mol. The highest BCUT2D eigenvalue weighted by Gasteiger charge is 2.17. The van der Waals surface area contributed by atoms with Crippen LogP contribution in [-0.4, -0.2) is 4.57 Å². The fraction of sp³-hybridized carbons (Fsp3) is 0.294. The summed E-state index contributed by atoms with van der Waals surface area (Å²) >= 11 is 0. The smallest absolute Gasteiger partial charge is 0.0504 e. The zero-order valence-electron chi connectivity index (χ0n) is 11.6. The SMILES string of the molecule is CCn1cc(C2C=CC(C)=CC2)c2c(N)cccc21. The molecule has 0 aliphatic heterocycles. The van der Waals surface area contributed by atoms with Crippen molar-refractivity contribution in [1.29, 1.82) is 0 Å². The molecule has 0 radical (unpaired) electrons. The van der Waals surface area contributed by atoms with Gasteiger partial charge in [-0.1, -0.05) is 29.9 Å². The van der Waals surface area contributed by atoms with Crippen molar-refractivity contribution in [2.24, 2.45) is 0 Å². The maximum atomic E-state index is 6.21. The summed E-state index contributed by atoms with van der Waals surface area (Å²) in [6.45, 7) is 5.30. The molecule has 1 aromatic carbocycles. The number of rotatable bonds is 2. The molecular formula is C17H20N2. The normalized spacial score (nSPS) is 18.8. The number of fused-ring (bicyclic) bond motifs is 1. The summed E-state index contributed by atoms with van der Waals surface area (Å²) in [5.74, 6) is 0.448. The van der Waals surface area contributed by atoms with Gasteiger partial charge in [0, 0.05) is 29.7 Å². The molecule has 1 heterocycles. The summed E-state index contributed by atoms with van der Waals surface area (Å²) in [6, 6.07) is 6.19. The van der Waals surface area contributed by atoms with E-state index in [0.29, 0.717) is 5.92 Å². The lowest BCUT2D eigenvalue weighted by Crippen LogP contribution is -1.98. The summed E-state index contributed by atoms with van der Waals surface area (Å²) in [5, 5.41) is 1.23. The fourth-order valence-corrected chi connectivity index (χ4v) is 2.91. The summed E-state index contributed by atoms with van der Waals surface area (Å²) in [7, 11) is 0. The number of hydrogen-bond acceptors (Lipinski definition) is 1. The molecule has 3 rings (SSSR count). The molecule has 2 heteroatoms. The lowest BCUT2D eigenvalue weighted by atomic mass is 9.90. The van der Waals surface area contributed by atoms with Crippen molar-refractivity contribution in [1.82, 2.24) is 4.57 Å². The minimum absolute atomic E-state index is 0.448. The second-order valence-corrected chi connectivity index (χ2v) is 5.26. The van der Waals surface area contributed by atoms with Gasteiger partial charge in [0.2, 0.25) is 0 Å². The largest absolute Gasteiger partial charge is 0.398 e. The Labute approximate surface area is 114 Å². The summed E-state index contributed by atoms with van der Waals surface area (Å²) < 4.78 is 2.29. The number of aromatic nitrogens is 1. The van der Waals surface area contributed by atoms with Crippen molar-refractivity contribution < 1.29 is 0 Å². The van der Waals surface area contributed by atoms with E-state index in [9.17, 15) is 0 Å². The van der Waals surface area contributed by atoms with Gasteiger partial charge in [-0.3, -0.25) is 0 Å². The molecule has 2 aromatic rings. The number of aryl methyl sites for hydroxylation is 1. The van der Waals surface area contributed by atoms with Gasteiger partial charge in [0.1, 0.15) is 0 Å². The van der Waals surface area contributed by atoms with Crippen molar-refractivity contribution in [3.63, 3.8) is 0 Å². The number of allylic oxidation sites excluding steroid dienone is 4. The molecule has 1 aliphatic rings. The number of nitrogens with two attached hydrogens (primary N) is 1. The standard InChI is InChI=1S/C17H20N2/c1-3-19-11-14(13-9-7-12(2)8-10-13)17-15(18)5-4-6-16(17)19/h4-9,11,13H,3,10,18H2,1-2H3. The van der Waals surface area contributed by atoms with Crippen LogP contribution in [0.4, 0.5) is 5.69 Å². The number of anilines is 1. The molecule has 0 saturated carbocycles. The van der Waals surface area contributed by atoms with Crippen molar-refractivity contribution in [2.45, 2.75) is 32.7 Å². The Morgan fingerprint density at radius 3 is 2.89 bits per heavy atom. The Morgan fingerprint density at radius 2 is 2.21 bits per heavy atom. The third-order valence-electron chi connectivity index (χ3n) is 3.99. The lowest BCUT2D eigenvalue weighted by molar-refractivity contribution is 0.778. The van der Waals surface area contributed by atoms with Crippen molar-refractivity contribution in [3.05, 3.63) is 53.8 Å². The van der Waals surface area contributed by atoms with Gasteiger partial charge < -0.3 is 10.3 Å². The maximum absolute atomic E-state index is 6.21. The number of benzene rings is 1. The van der Waals surface area contributed by atoms with Crippen LogP contribution in [0, 0.1) is 0 Å². The third-order valence-corrected chi connectivity index (χ3v) is 3.99. The summed E-state index contributed by atoms with van der Waals surface area (Å²) in [6.07, 6.45) is 10.2. The summed E-state index contributed by atoms with van der Waals surface area (Å²) in [5.41, 5.74) is 11.0. The Morgan fingerprint density at radius 1 is 1.37 bits per heavy atom. The second kappa shape index (κ2) is 4.61. The predicted octanol–water partition coefficient (Wildman–Crippen LogP) is 4.23. The molecule has 0 amide bonds. The molecule has 0 fully saturated rings. The van der Waals surface area contributed by atoms with E-state index in [-0.39, 0.29) is 0 Å². The average Bonchev–Trinajstić information content (AvgIpc) is 2.80. The molecule has 2 N–H and O–H groups in total. The summed E-state index contributed by atoms with van der Waals surface area (Å²) in [4.78, 5) is 0. The molecule has 19 heavy (non-hydrogen) atoms. The average molecular weight is 252 g/mol. The monoisotopic (exact) mass is 252 g/mol. The zero-order chi connectivity index (χ0) is 13.4. The first kappa shape index (κ1) is 12.1. The van der Waals surface area contributed by atoms with Crippen molar-refractivity contribution >= 4 is 16.6 Å². The molecule has 1 aromatic heterocycles. The minimum Gasteiger partial charge on any atom is -0.398 e. The van der Waals surface area contributed by atoms with Crippen LogP contribution in [0.2, 0.25) is 0 Å². The van der Waals surface area contributed by atoms with Crippen LogP contribution < -0.4 is 5.73 Å². The first-order valence-electron chi connectivity index (χ1n) is 6.93. The lowest BCUT2D eigenvalue weighted by Gasteiger charge is -2.14. The van der Waals surface area contributed by atoms with Crippen LogP contribution in [0.1, 0.15) is 31.7 Å². The molecule has 98 valence electrons. The van der Waals surface area contributed by atoms with Gasteiger partial charge in [0.15, 0.2) is 0 Å². The van der Waals surface area contributed by atoms with Crippen LogP contribution in [0.3, 0.4) is 0 Å². The predicted molar refractivity (Wildman–Crippen MR) is 82.3 cm³/mol. The first-order valence-corrected chi connectivity index (χ1v) is 6.93. The maximum Gasteiger partial charge on any atom is 0.0504 e. The molecule has 1 atom stereocenters. The highest BCUT2D eigenvalue weighted by Crippen LogP contribution is 2.36.